The molecule has 4 heterocycles. The fourth-order valence-electron chi connectivity index (χ4n) is 5.04. The van der Waals surface area contributed by atoms with Crippen molar-refractivity contribution in [3.63, 3.8) is 0 Å². The summed E-state index contributed by atoms with van der Waals surface area (Å²) in [6, 6.07) is 14.9. The van der Waals surface area contributed by atoms with Gasteiger partial charge in [-0.05, 0) is 59.8 Å². The zero-order chi connectivity index (χ0) is 26.8. The minimum atomic E-state index is -0.585. The summed E-state index contributed by atoms with van der Waals surface area (Å²) in [6.45, 7) is 4.53. The highest BCUT2D eigenvalue weighted by Crippen LogP contribution is 2.35. The molecule has 198 valence electrons. The maximum atomic E-state index is 16.4. The number of morpholine rings is 1. The number of nitrogens with zero attached hydrogens (tertiary/aromatic N) is 4. The number of benzene rings is 2. The number of hydrogen-bond acceptors (Lipinski definition) is 7. The number of aromatic nitrogens is 4. The predicted octanol–water partition coefficient (Wildman–Crippen LogP) is 5.34. The number of fused-ring (bicyclic) bond motifs is 1. The summed E-state index contributed by atoms with van der Waals surface area (Å²) in [4.78, 5) is 18.6. The monoisotopic (exact) mass is 523 g/mol. The maximum absolute atomic E-state index is 16.4. The standard InChI is InChI=1S/C30H30FN7O/c1-2-19-14-24(27(31)26(15-19)38-10-12-39-13-11-38)28(30-35-18-25(37-30)21-4-3-8-33-17-21)36-22-5-6-23-20(16-22)7-9-34-29(23)32/h3-9,14-18,28,36H,2,10-13H2,1H3,(H2,32,34)(H,35,37). The first-order valence-electron chi connectivity index (χ1n) is 13.1. The zero-order valence-electron chi connectivity index (χ0n) is 21.7. The van der Waals surface area contributed by atoms with Crippen LogP contribution < -0.4 is 16.0 Å². The molecule has 8 nitrogen and oxygen atoms in total. The molecule has 39 heavy (non-hydrogen) atoms. The lowest BCUT2D eigenvalue weighted by Crippen LogP contribution is -2.37. The molecule has 0 aliphatic carbocycles. The Kier molecular flexibility index (Phi) is 6.81. The summed E-state index contributed by atoms with van der Waals surface area (Å²) in [5.41, 5.74) is 10.8. The number of anilines is 3. The Morgan fingerprint density at radius 2 is 1.95 bits per heavy atom. The zero-order valence-corrected chi connectivity index (χ0v) is 21.7. The second-order valence-corrected chi connectivity index (χ2v) is 9.60. The first kappa shape index (κ1) is 24.8. The molecule has 0 spiro atoms. The Balaban J connectivity index is 1.46. The summed E-state index contributed by atoms with van der Waals surface area (Å²) in [5.74, 6) is 0.808. The molecule has 4 N–H and O–H groups in total. The number of nitrogens with one attached hydrogen (secondary N) is 2. The van der Waals surface area contributed by atoms with Gasteiger partial charge in [-0.3, -0.25) is 4.98 Å². The van der Waals surface area contributed by atoms with Crippen LogP contribution in [0.5, 0.6) is 0 Å². The van der Waals surface area contributed by atoms with Gasteiger partial charge in [-0.15, -0.1) is 0 Å². The van der Waals surface area contributed by atoms with Gasteiger partial charge in [0.1, 0.15) is 17.7 Å². The van der Waals surface area contributed by atoms with Crippen LogP contribution in [0.3, 0.4) is 0 Å². The average molecular weight is 524 g/mol. The van der Waals surface area contributed by atoms with Crippen LogP contribution >= 0.6 is 0 Å². The lowest BCUT2D eigenvalue weighted by atomic mass is 9.98. The number of rotatable bonds is 7. The molecule has 0 bridgehead atoms. The fraction of sp³-hybridized carbons (Fsp3) is 0.233. The molecule has 1 aliphatic heterocycles. The summed E-state index contributed by atoms with van der Waals surface area (Å²) in [5, 5.41) is 5.37. The summed E-state index contributed by atoms with van der Waals surface area (Å²) < 4.78 is 22.0. The number of aryl methyl sites for hydroxylation is 1. The third-order valence-electron chi connectivity index (χ3n) is 7.16. The molecule has 3 aromatic heterocycles. The molecule has 5 aromatic rings. The third kappa shape index (κ3) is 5.00. The average Bonchev–Trinajstić information content (AvgIpc) is 3.47. The van der Waals surface area contributed by atoms with Crippen LogP contribution in [0.15, 0.2) is 73.3 Å². The van der Waals surface area contributed by atoms with Crippen LogP contribution in [-0.4, -0.2) is 46.2 Å². The molecule has 2 aromatic carbocycles. The van der Waals surface area contributed by atoms with Crippen molar-refractivity contribution in [2.24, 2.45) is 0 Å². The molecule has 6 rings (SSSR count). The Bertz CT molecular complexity index is 1600. The second-order valence-electron chi connectivity index (χ2n) is 9.60. The van der Waals surface area contributed by atoms with Crippen molar-refractivity contribution in [1.82, 2.24) is 19.9 Å². The van der Waals surface area contributed by atoms with E-state index >= 15 is 4.39 Å². The molecule has 0 radical (unpaired) electrons. The van der Waals surface area contributed by atoms with Crippen molar-refractivity contribution in [1.29, 1.82) is 0 Å². The van der Waals surface area contributed by atoms with Crippen LogP contribution in [0.4, 0.5) is 21.6 Å². The van der Waals surface area contributed by atoms with Gasteiger partial charge in [0.15, 0.2) is 5.82 Å². The summed E-state index contributed by atoms with van der Waals surface area (Å²) in [6.07, 6.45) is 7.73. The van der Waals surface area contributed by atoms with E-state index in [4.69, 9.17) is 15.5 Å². The Morgan fingerprint density at radius 1 is 1.08 bits per heavy atom. The molecule has 1 fully saturated rings. The second kappa shape index (κ2) is 10.7. The van der Waals surface area contributed by atoms with E-state index in [2.05, 4.69) is 32.1 Å². The number of halogens is 1. The number of nitrogens with two attached hydrogens (primary N) is 1. The number of hydrogen-bond donors (Lipinski definition) is 3. The highest BCUT2D eigenvalue weighted by molar-refractivity contribution is 5.93. The quantitative estimate of drug-likeness (QED) is 0.264. The minimum absolute atomic E-state index is 0.264. The van der Waals surface area contributed by atoms with E-state index in [0.29, 0.717) is 49.2 Å². The van der Waals surface area contributed by atoms with Crippen LogP contribution in [0.1, 0.15) is 29.9 Å². The highest BCUT2D eigenvalue weighted by Gasteiger charge is 2.26. The number of nitrogen functional groups attached to an aromatic ring is 1. The molecule has 0 amide bonds. The number of ether oxygens (including phenoxy) is 1. The number of pyridine rings is 2. The summed E-state index contributed by atoms with van der Waals surface area (Å²) >= 11 is 0. The largest absolute Gasteiger partial charge is 0.383 e. The molecule has 1 atom stereocenters. The molecular weight excluding hydrogens is 493 g/mol. The molecule has 1 saturated heterocycles. The number of aromatic amines is 1. The van der Waals surface area contributed by atoms with Crippen molar-refractivity contribution in [3.05, 3.63) is 96.1 Å². The van der Waals surface area contributed by atoms with Gasteiger partial charge in [0.25, 0.3) is 0 Å². The van der Waals surface area contributed by atoms with E-state index in [1.165, 1.54) is 0 Å². The van der Waals surface area contributed by atoms with Crippen molar-refractivity contribution >= 4 is 28.0 Å². The fourth-order valence-corrected chi connectivity index (χ4v) is 5.04. The van der Waals surface area contributed by atoms with Gasteiger partial charge in [0.2, 0.25) is 0 Å². The molecular formula is C30H30FN7O. The van der Waals surface area contributed by atoms with Gasteiger partial charge in [0.05, 0.1) is 30.8 Å². The van der Waals surface area contributed by atoms with E-state index in [-0.39, 0.29) is 5.82 Å². The van der Waals surface area contributed by atoms with Gasteiger partial charge in [0, 0.05) is 53.9 Å². The van der Waals surface area contributed by atoms with Crippen LogP contribution in [0.2, 0.25) is 0 Å². The minimum Gasteiger partial charge on any atom is -0.383 e. The molecule has 9 heteroatoms. The van der Waals surface area contributed by atoms with E-state index < -0.39 is 6.04 Å². The lowest BCUT2D eigenvalue weighted by molar-refractivity contribution is 0.122. The van der Waals surface area contributed by atoms with E-state index in [0.717, 1.165) is 39.7 Å². The molecule has 1 unspecified atom stereocenters. The van der Waals surface area contributed by atoms with Gasteiger partial charge in [-0.2, -0.15) is 0 Å². The first-order chi connectivity index (χ1) is 19.1. The Hall–Kier alpha value is -4.50. The molecule has 1 aliphatic rings. The van der Waals surface area contributed by atoms with Crippen molar-refractivity contribution in [2.45, 2.75) is 19.4 Å². The van der Waals surface area contributed by atoms with E-state index in [9.17, 15) is 0 Å². The SMILES string of the molecule is CCc1cc(C(Nc2ccc3c(N)nccc3c2)c2ncc(-c3cccnc3)[nH]2)c(F)c(N2CCOCC2)c1. The Morgan fingerprint density at radius 3 is 2.74 bits per heavy atom. The maximum Gasteiger partial charge on any atom is 0.152 e. The lowest BCUT2D eigenvalue weighted by Gasteiger charge is -2.31. The van der Waals surface area contributed by atoms with Crippen molar-refractivity contribution in [3.8, 4) is 11.3 Å². The Labute approximate surface area is 226 Å². The number of H-pyrrole nitrogens is 1. The van der Waals surface area contributed by atoms with Crippen LogP contribution in [-0.2, 0) is 11.2 Å². The highest BCUT2D eigenvalue weighted by atomic mass is 19.1. The normalized spacial score (nSPS) is 14.5. The van der Waals surface area contributed by atoms with Crippen LogP contribution in [0.25, 0.3) is 22.0 Å². The van der Waals surface area contributed by atoms with Gasteiger partial charge in [-0.1, -0.05) is 13.0 Å². The topological polar surface area (TPSA) is 105 Å². The summed E-state index contributed by atoms with van der Waals surface area (Å²) in [7, 11) is 0. The van der Waals surface area contributed by atoms with Gasteiger partial charge in [-0.25, -0.2) is 14.4 Å². The van der Waals surface area contributed by atoms with Crippen LogP contribution in [0, 0.1) is 5.82 Å². The van der Waals surface area contributed by atoms with Crippen molar-refractivity contribution in [2.75, 3.05) is 42.3 Å². The van der Waals surface area contributed by atoms with Gasteiger partial charge < -0.3 is 25.7 Å². The first-order valence-corrected chi connectivity index (χ1v) is 13.1. The van der Waals surface area contributed by atoms with Gasteiger partial charge >= 0.3 is 0 Å². The number of imidazole rings is 1. The predicted molar refractivity (Wildman–Crippen MR) is 152 cm³/mol. The smallest absolute Gasteiger partial charge is 0.152 e. The third-order valence-corrected chi connectivity index (χ3v) is 7.16. The molecule has 0 saturated carbocycles. The van der Waals surface area contributed by atoms with E-state index in [1.807, 2.05) is 48.5 Å². The van der Waals surface area contributed by atoms with Crippen molar-refractivity contribution < 1.29 is 9.13 Å². The van der Waals surface area contributed by atoms with E-state index in [1.54, 1.807) is 24.8 Å².